The average molecular weight is 344 g/mol. The number of benzene rings is 1. The molecular formula is C17H24N6O2. The first-order valence-electron chi connectivity index (χ1n) is 8.04. The fraction of sp³-hybridized carbons (Fsp3) is 0.412. The largest absolute Gasteiger partial charge is 0.356 e. The van der Waals surface area contributed by atoms with Gasteiger partial charge < -0.3 is 20.1 Å². The molecule has 0 spiro atoms. The lowest BCUT2D eigenvalue weighted by Crippen LogP contribution is -2.37. The molecule has 0 unspecified atom stereocenters. The highest BCUT2D eigenvalue weighted by atomic mass is 16.5. The maximum atomic E-state index is 12.0. The molecule has 0 atom stereocenters. The zero-order valence-electron chi connectivity index (χ0n) is 15.0. The average Bonchev–Trinajstić information content (AvgIpc) is 3.02. The van der Waals surface area contributed by atoms with Crippen molar-refractivity contribution < 1.29 is 9.32 Å². The summed E-state index contributed by atoms with van der Waals surface area (Å²) in [6, 6.07) is 7.65. The van der Waals surface area contributed by atoms with Crippen LogP contribution in [0.15, 0.2) is 33.8 Å². The molecule has 0 aliphatic carbocycles. The molecule has 8 nitrogen and oxygen atoms in total. The monoisotopic (exact) mass is 344 g/mol. The van der Waals surface area contributed by atoms with E-state index >= 15 is 0 Å². The van der Waals surface area contributed by atoms with Crippen LogP contribution in [-0.4, -0.2) is 54.6 Å². The first kappa shape index (κ1) is 18.4. The molecule has 2 N–H and O–H groups in total. The summed E-state index contributed by atoms with van der Waals surface area (Å²) in [6.07, 6.45) is 0.773. The molecule has 0 saturated carbocycles. The van der Waals surface area contributed by atoms with Crippen LogP contribution >= 0.6 is 0 Å². The lowest BCUT2D eigenvalue weighted by Gasteiger charge is -2.12. The van der Waals surface area contributed by atoms with Gasteiger partial charge in [0.25, 0.3) is 5.91 Å². The first-order chi connectivity index (χ1) is 12.0. The molecule has 0 saturated heterocycles. The van der Waals surface area contributed by atoms with E-state index in [0.717, 1.165) is 12.0 Å². The zero-order chi connectivity index (χ0) is 18.2. The second-order valence-electron chi connectivity index (χ2n) is 5.74. The SMILES string of the molecule is CN=C(NCCc1cccc(C(=O)N(C)C)c1)NCc1nc(C)no1. The van der Waals surface area contributed by atoms with Gasteiger partial charge in [-0.15, -0.1) is 0 Å². The van der Waals surface area contributed by atoms with Crippen LogP contribution in [0.5, 0.6) is 0 Å². The molecule has 134 valence electrons. The maximum Gasteiger partial charge on any atom is 0.253 e. The van der Waals surface area contributed by atoms with Gasteiger partial charge in [-0.05, 0) is 31.0 Å². The first-order valence-corrected chi connectivity index (χ1v) is 8.04. The normalized spacial score (nSPS) is 11.3. The number of aromatic nitrogens is 2. The Morgan fingerprint density at radius 3 is 2.76 bits per heavy atom. The molecule has 25 heavy (non-hydrogen) atoms. The molecule has 0 bridgehead atoms. The Hall–Kier alpha value is -2.90. The summed E-state index contributed by atoms with van der Waals surface area (Å²) in [4.78, 5) is 21.9. The topological polar surface area (TPSA) is 95.7 Å². The second-order valence-corrected chi connectivity index (χ2v) is 5.74. The summed E-state index contributed by atoms with van der Waals surface area (Å²) in [5.41, 5.74) is 1.78. The van der Waals surface area contributed by atoms with Gasteiger partial charge in [0.1, 0.15) is 0 Å². The lowest BCUT2D eigenvalue weighted by molar-refractivity contribution is 0.0827. The number of carbonyl (C=O) groups excluding carboxylic acids is 1. The molecule has 1 amide bonds. The Labute approximate surface area is 147 Å². The van der Waals surface area contributed by atoms with Crippen LogP contribution in [0.1, 0.15) is 27.6 Å². The summed E-state index contributed by atoms with van der Waals surface area (Å²) >= 11 is 0. The van der Waals surface area contributed by atoms with Crippen LogP contribution in [0.4, 0.5) is 0 Å². The van der Waals surface area contributed by atoms with Crippen molar-refractivity contribution in [3.8, 4) is 0 Å². The van der Waals surface area contributed by atoms with Crippen LogP contribution in [0.25, 0.3) is 0 Å². The van der Waals surface area contributed by atoms with Crippen molar-refractivity contribution in [2.24, 2.45) is 4.99 Å². The third-order valence-corrected chi connectivity index (χ3v) is 3.49. The van der Waals surface area contributed by atoms with E-state index < -0.39 is 0 Å². The number of rotatable bonds is 6. The van der Waals surface area contributed by atoms with E-state index in [1.165, 1.54) is 0 Å². The number of amides is 1. The standard InChI is InChI=1S/C17H24N6O2/c1-12-21-15(25-22-12)11-20-17(18-2)19-9-8-13-6-5-7-14(10-13)16(24)23(3)4/h5-7,10H,8-9,11H2,1-4H3,(H2,18,19,20). The van der Waals surface area contributed by atoms with Crippen molar-refractivity contribution in [3.05, 3.63) is 47.1 Å². The number of hydrogen-bond donors (Lipinski definition) is 2. The molecule has 2 aromatic rings. The minimum Gasteiger partial charge on any atom is -0.356 e. The van der Waals surface area contributed by atoms with E-state index in [0.29, 0.717) is 36.3 Å². The van der Waals surface area contributed by atoms with Crippen molar-refractivity contribution in [1.82, 2.24) is 25.7 Å². The van der Waals surface area contributed by atoms with Gasteiger partial charge in [0, 0.05) is 33.3 Å². The summed E-state index contributed by atoms with van der Waals surface area (Å²) in [5, 5.41) is 10.1. The van der Waals surface area contributed by atoms with Crippen molar-refractivity contribution in [2.75, 3.05) is 27.7 Å². The molecule has 1 aromatic heterocycles. The number of carbonyl (C=O) groups is 1. The van der Waals surface area contributed by atoms with Crippen molar-refractivity contribution >= 4 is 11.9 Å². The number of aliphatic imine (C=N–C) groups is 1. The predicted molar refractivity (Wildman–Crippen MR) is 95.4 cm³/mol. The van der Waals surface area contributed by atoms with E-state index in [1.54, 1.807) is 33.0 Å². The number of hydrogen-bond acceptors (Lipinski definition) is 5. The summed E-state index contributed by atoms with van der Waals surface area (Å²) < 4.78 is 5.05. The molecule has 2 rings (SSSR count). The van der Waals surface area contributed by atoms with E-state index in [1.807, 2.05) is 24.3 Å². The van der Waals surface area contributed by atoms with Gasteiger partial charge >= 0.3 is 0 Å². The number of nitrogens with one attached hydrogen (secondary N) is 2. The van der Waals surface area contributed by atoms with Crippen LogP contribution < -0.4 is 10.6 Å². The number of aryl methyl sites for hydroxylation is 1. The maximum absolute atomic E-state index is 12.0. The number of guanidine groups is 1. The highest BCUT2D eigenvalue weighted by Gasteiger charge is 2.08. The molecule has 1 heterocycles. The third-order valence-electron chi connectivity index (χ3n) is 3.49. The van der Waals surface area contributed by atoms with Crippen LogP contribution in [0.2, 0.25) is 0 Å². The summed E-state index contributed by atoms with van der Waals surface area (Å²) in [7, 11) is 5.19. The van der Waals surface area contributed by atoms with Gasteiger partial charge in [-0.3, -0.25) is 9.79 Å². The highest BCUT2D eigenvalue weighted by Crippen LogP contribution is 2.07. The van der Waals surface area contributed by atoms with Crippen LogP contribution in [-0.2, 0) is 13.0 Å². The fourth-order valence-electron chi connectivity index (χ4n) is 2.24. The van der Waals surface area contributed by atoms with Gasteiger partial charge in [0.05, 0.1) is 6.54 Å². The highest BCUT2D eigenvalue weighted by molar-refractivity contribution is 5.94. The van der Waals surface area contributed by atoms with E-state index in [4.69, 9.17) is 4.52 Å². The minimum absolute atomic E-state index is 0.00198. The second kappa shape index (κ2) is 8.81. The summed E-state index contributed by atoms with van der Waals surface area (Å²) in [5.74, 6) is 1.76. The Balaban J connectivity index is 1.82. The molecule has 1 aromatic carbocycles. The summed E-state index contributed by atoms with van der Waals surface area (Å²) in [6.45, 7) is 2.87. The minimum atomic E-state index is 0.00198. The van der Waals surface area contributed by atoms with Gasteiger partial charge in [-0.25, -0.2) is 0 Å². The Kier molecular flexibility index (Phi) is 6.50. The van der Waals surface area contributed by atoms with Crippen molar-refractivity contribution in [3.63, 3.8) is 0 Å². The van der Waals surface area contributed by atoms with E-state index in [-0.39, 0.29) is 5.91 Å². The van der Waals surface area contributed by atoms with Crippen molar-refractivity contribution in [2.45, 2.75) is 19.9 Å². The molecule has 0 fully saturated rings. The molecule has 0 radical (unpaired) electrons. The van der Waals surface area contributed by atoms with Gasteiger partial charge in [-0.1, -0.05) is 17.3 Å². The van der Waals surface area contributed by atoms with Gasteiger partial charge in [0.2, 0.25) is 5.89 Å². The zero-order valence-corrected chi connectivity index (χ0v) is 15.0. The predicted octanol–water partition coefficient (Wildman–Crippen LogP) is 0.988. The van der Waals surface area contributed by atoms with E-state index in [9.17, 15) is 4.79 Å². The van der Waals surface area contributed by atoms with Crippen LogP contribution in [0, 0.1) is 6.92 Å². The molecular weight excluding hydrogens is 320 g/mol. The van der Waals surface area contributed by atoms with Crippen LogP contribution in [0.3, 0.4) is 0 Å². The van der Waals surface area contributed by atoms with Crippen molar-refractivity contribution in [1.29, 1.82) is 0 Å². The lowest BCUT2D eigenvalue weighted by atomic mass is 10.1. The molecule has 0 aliphatic heterocycles. The Morgan fingerprint density at radius 1 is 1.32 bits per heavy atom. The van der Waals surface area contributed by atoms with Gasteiger partial charge in [-0.2, -0.15) is 4.98 Å². The number of nitrogens with zero attached hydrogens (tertiary/aromatic N) is 4. The fourth-order valence-corrected chi connectivity index (χ4v) is 2.24. The van der Waals surface area contributed by atoms with E-state index in [2.05, 4.69) is 25.8 Å². The molecule has 0 aliphatic rings. The quantitative estimate of drug-likeness (QED) is 0.599. The Bertz CT molecular complexity index is 738. The smallest absolute Gasteiger partial charge is 0.253 e. The Morgan fingerprint density at radius 2 is 2.12 bits per heavy atom. The van der Waals surface area contributed by atoms with Gasteiger partial charge in [0.15, 0.2) is 11.8 Å². The molecule has 8 heteroatoms. The third kappa shape index (κ3) is 5.59.